The lowest BCUT2D eigenvalue weighted by Crippen LogP contribution is -2.17. The first-order valence-electron chi connectivity index (χ1n) is 9.48. The highest BCUT2D eigenvalue weighted by atomic mass is 16.5. The molecule has 0 aliphatic carbocycles. The van der Waals surface area contributed by atoms with E-state index >= 15 is 0 Å². The summed E-state index contributed by atoms with van der Waals surface area (Å²) >= 11 is 0. The topological polar surface area (TPSA) is 122 Å². The number of aromatic amines is 1. The molecule has 4 aromatic rings. The van der Waals surface area contributed by atoms with Crippen LogP contribution in [0.5, 0.6) is 11.5 Å². The van der Waals surface area contributed by atoms with Gasteiger partial charge in [0.2, 0.25) is 0 Å². The molecule has 4 rings (SSSR count). The molecule has 0 saturated heterocycles. The van der Waals surface area contributed by atoms with Crippen LogP contribution in [-0.4, -0.2) is 22.0 Å². The van der Waals surface area contributed by atoms with Gasteiger partial charge in [-0.25, -0.2) is 9.48 Å². The molecule has 0 unspecified atom stereocenters. The van der Waals surface area contributed by atoms with Crippen LogP contribution in [0.1, 0.15) is 16.8 Å². The van der Waals surface area contributed by atoms with Crippen molar-refractivity contribution in [1.82, 2.24) is 9.78 Å². The van der Waals surface area contributed by atoms with Crippen LogP contribution in [0.4, 0.5) is 11.4 Å². The number of H-pyrrole nitrogens is 1. The van der Waals surface area contributed by atoms with Crippen molar-refractivity contribution >= 4 is 22.3 Å². The highest BCUT2D eigenvalue weighted by Gasteiger charge is 2.17. The molecule has 2 aromatic heterocycles. The molecule has 9 nitrogen and oxygen atoms in total. The molecule has 31 heavy (non-hydrogen) atoms. The number of phenols is 1. The van der Waals surface area contributed by atoms with Crippen molar-refractivity contribution in [3.8, 4) is 11.5 Å². The minimum atomic E-state index is -0.528. The van der Waals surface area contributed by atoms with E-state index in [9.17, 15) is 14.7 Å². The van der Waals surface area contributed by atoms with E-state index in [2.05, 4.69) is 15.3 Å². The average Bonchev–Trinajstić information content (AvgIpc) is 3.01. The Kier molecular flexibility index (Phi) is 5.16. The molecule has 0 fully saturated rings. The normalized spacial score (nSPS) is 11.5. The summed E-state index contributed by atoms with van der Waals surface area (Å²) in [6, 6.07) is 11.6. The maximum absolute atomic E-state index is 12.9. The molecule has 0 radical (unpaired) electrons. The van der Waals surface area contributed by atoms with E-state index in [-0.39, 0.29) is 23.6 Å². The van der Waals surface area contributed by atoms with Crippen LogP contribution in [0.3, 0.4) is 0 Å². The minimum absolute atomic E-state index is 0.0378. The fourth-order valence-electron chi connectivity index (χ4n) is 3.34. The SMILES string of the molecule is COc1cccc(N=Nc2c(C)[nH]n(Cc3c(O)ccc4c(C)cc(=O)oc34)c2=O)c1. The molecule has 2 aromatic carbocycles. The van der Waals surface area contributed by atoms with Gasteiger partial charge in [0, 0.05) is 17.5 Å². The largest absolute Gasteiger partial charge is 0.507 e. The lowest BCUT2D eigenvalue weighted by molar-refractivity contribution is 0.415. The van der Waals surface area contributed by atoms with Crippen molar-refractivity contribution in [2.75, 3.05) is 7.11 Å². The molecule has 0 atom stereocenters. The van der Waals surface area contributed by atoms with Gasteiger partial charge in [-0.2, -0.15) is 5.11 Å². The monoisotopic (exact) mass is 420 g/mol. The van der Waals surface area contributed by atoms with Crippen molar-refractivity contribution in [3.05, 3.63) is 80.1 Å². The van der Waals surface area contributed by atoms with E-state index in [1.165, 1.54) is 16.8 Å². The van der Waals surface area contributed by atoms with Gasteiger partial charge in [-0.15, -0.1) is 5.11 Å². The summed E-state index contributed by atoms with van der Waals surface area (Å²) in [6.45, 7) is 3.44. The van der Waals surface area contributed by atoms with Crippen LogP contribution in [-0.2, 0) is 6.54 Å². The number of aryl methyl sites for hydroxylation is 2. The van der Waals surface area contributed by atoms with Crippen molar-refractivity contribution in [1.29, 1.82) is 0 Å². The van der Waals surface area contributed by atoms with Crippen LogP contribution in [0, 0.1) is 13.8 Å². The van der Waals surface area contributed by atoms with Crippen LogP contribution >= 0.6 is 0 Å². The molecule has 0 aliphatic rings. The van der Waals surface area contributed by atoms with E-state index in [0.29, 0.717) is 28.1 Å². The Hall–Kier alpha value is -4.14. The zero-order valence-corrected chi connectivity index (χ0v) is 17.2. The second-order valence-corrected chi connectivity index (χ2v) is 7.07. The zero-order chi connectivity index (χ0) is 22.1. The van der Waals surface area contributed by atoms with E-state index in [0.717, 1.165) is 5.56 Å². The number of hydrogen-bond donors (Lipinski definition) is 2. The Morgan fingerprint density at radius 2 is 1.94 bits per heavy atom. The third-order valence-corrected chi connectivity index (χ3v) is 4.94. The summed E-state index contributed by atoms with van der Waals surface area (Å²) in [5, 5.41) is 22.2. The molecule has 9 heteroatoms. The fraction of sp³-hybridized carbons (Fsp3) is 0.182. The second-order valence-electron chi connectivity index (χ2n) is 7.07. The minimum Gasteiger partial charge on any atom is -0.507 e. The third kappa shape index (κ3) is 3.85. The number of aromatic nitrogens is 2. The van der Waals surface area contributed by atoms with Crippen molar-refractivity contribution < 1.29 is 14.3 Å². The van der Waals surface area contributed by atoms with E-state index in [4.69, 9.17) is 9.15 Å². The third-order valence-electron chi connectivity index (χ3n) is 4.94. The summed E-state index contributed by atoms with van der Waals surface area (Å²) in [5.74, 6) is 0.544. The van der Waals surface area contributed by atoms with Crippen LogP contribution in [0.15, 0.2) is 66.7 Å². The summed E-state index contributed by atoms with van der Waals surface area (Å²) in [6.07, 6.45) is 0. The van der Waals surface area contributed by atoms with E-state index in [1.807, 2.05) is 0 Å². The highest BCUT2D eigenvalue weighted by Crippen LogP contribution is 2.29. The van der Waals surface area contributed by atoms with Gasteiger partial charge >= 0.3 is 5.63 Å². The molecule has 0 aliphatic heterocycles. The molecule has 2 heterocycles. The van der Waals surface area contributed by atoms with Crippen molar-refractivity contribution in [3.63, 3.8) is 0 Å². The molecular weight excluding hydrogens is 400 g/mol. The van der Waals surface area contributed by atoms with Gasteiger partial charge in [-0.1, -0.05) is 6.07 Å². The summed E-state index contributed by atoms with van der Waals surface area (Å²) in [7, 11) is 1.55. The lowest BCUT2D eigenvalue weighted by Gasteiger charge is -2.09. The fourth-order valence-corrected chi connectivity index (χ4v) is 3.34. The summed E-state index contributed by atoms with van der Waals surface area (Å²) in [4.78, 5) is 24.7. The smallest absolute Gasteiger partial charge is 0.336 e. The number of azo groups is 1. The number of methoxy groups -OCH3 is 1. The molecular formula is C22H20N4O5. The van der Waals surface area contributed by atoms with Gasteiger partial charge in [-0.05, 0) is 43.7 Å². The molecule has 0 bridgehead atoms. The standard InChI is InChI=1S/C22H20N4O5/c1-12-9-19(28)31-21-16(12)7-8-18(27)17(21)11-26-22(29)20(13(2)25-26)24-23-14-5-4-6-15(10-14)30-3/h4-10,25,27H,11H2,1-3H3. The predicted octanol–water partition coefficient (Wildman–Crippen LogP) is 4.08. The number of ether oxygens (including phenoxy) is 1. The predicted molar refractivity (Wildman–Crippen MR) is 115 cm³/mol. The zero-order valence-electron chi connectivity index (χ0n) is 17.2. The van der Waals surface area contributed by atoms with Gasteiger partial charge in [0.25, 0.3) is 5.56 Å². The number of nitrogens with one attached hydrogen (secondary N) is 1. The van der Waals surface area contributed by atoms with E-state index < -0.39 is 11.2 Å². The summed E-state index contributed by atoms with van der Waals surface area (Å²) in [5.41, 5.74) is 1.51. The number of phenolic OH excluding ortho intramolecular Hbond substituents is 1. The van der Waals surface area contributed by atoms with Crippen LogP contribution in [0.2, 0.25) is 0 Å². The first-order chi connectivity index (χ1) is 14.9. The quantitative estimate of drug-likeness (QED) is 0.372. The van der Waals surface area contributed by atoms with Crippen molar-refractivity contribution in [2.45, 2.75) is 20.4 Å². The molecule has 0 amide bonds. The van der Waals surface area contributed by atoms with Gasteiger partial charge in [0.15, 0.2) is 5.69 Å². The number of aromatic hydroxyl groups is 1. The molecule has 0 spiro atoms. The Labute approximate surface area is 176 Å². The Balaban J connectivity index is 1.73. The van der Waals surface area contributed by atoms with E-state index in [1.54, 1.807) is 51.3 Å². The van der Waals surface area contributed by atoms with Gasteiger partial charge < -0.3 is 14.3 Å². The maximum Gasteiger partial charge on any atom is 0.336 e. The highest BCUT2D eigenvalue weighted by molar-refractivity contribution is 5.84. The Morgan fingerprint density at radius 3 is 2.71 bits per heavy atom. The first kappa shape index (κ1) is 20.1. The summed E-state index contributed by atoms with van der Waals surface area (Å²) < 4.78 is 11.8. The number of fused-ring (bicyclic) bond motifs is 1. The Morgan fingerprint density at radius 1 is 1.13 bits per heavy atom. The van der Waals surface area contributed by atoms with Crippen molar-refractivity contribution in [2.24, 2.45) is 10.2 Å². The number of hydrogen-bond acceptors (Lipinski definition) is 7. The lowest BCUT2D eigenvalue weighted by atomic mass is 10.1. The molecule has 0 saturated carbocycles. The average molecular weight is 420 g/mol. The maximum atomic E-state index is 12.9. The van der Waals surface area contributed by atoms with Crippen LogP contribution in [0.25, 0.3) is 11.0 Å². The molecule has 2 N–H and O–H groups in total. The first-order valence-corrected chi connectivity index (χ1v) is 9.48. The number of nitrogens with zero attached hydrogens (tertiary/aromatic N) is 3. The number of rotatable bonds is 5. The molecule has 158 valence electrons. The number of benzene rings is 2. The second kappa shape index (κ2) is 7.94. The Bertz CT molecular complexity index is 1430. The van der Waals surface area contributed by atoms with Crippen LogP contribution < -0.4 is 15.9 Å². The van der Waals surface area contributed by atoms with Gasteiger partial charge in [-0.3, -0.25) is 9.89 Å². The van der Waals surface area contributed by atoms with Gasteiger partial charge in [0.1, 0.15) is 17.1 Å². The van der Waals surface area contributed by atoms with Gasteiger partial charge in [0.05, 0.1) is 30.6 Å².